The second-order valence-electron chi connectivity index (χ2n) is 7.62. The van der Waals surface area contributed by atoms with Crippen LogP contribution in [0.3, 0.4) is 0 Å². The third kappa shape index (κ3) is 5.08. The monoisotopic (exact) mass is 427 g/mol. The van der Waals surface area contributed by atoms with Crippen molar-refractivity contribution in [3.8, 4) is 11.5 Å². The first-order valence-corrected chi connectivity index (χ1v) is 11.8. The van der Waals surface area contributed by atoms with Crippen LogP contribution in [-0.2, 0) is 11.2 Å². The number of benzene rings is 1. The van der Waals surface area contributed by atoms with Crippen LogP contribution >= 0.6 is 23.1 Å². The maximum Gasteiger partial charge on any atom is 0.248 e. The van der Waals surface area contributed by atoms with E-state index in [2.05, 4.69) is 48.3 Å². The summed E-state index contributed by atoms with van der Waals surface area (Å²) < 4.78 is 5.90. The van der Waals surface area contributed by atoms with Crippen LogP contribution in [-0.4, -0.2) is 39.3 Å². The van der Waals surface area contributed by atoms with E-state index in [-0.39, 0.29) is 11.8 Å². The van der Waals surface area contributed by atoms with Crippen molar-refractivity contribution in [3.63, 3.8) is 0 Å². The summed E-state index contributed by atoms with van der Waals surface area (Å²) in [5.74, 6) is 1.47. The van der Waals surface area contributed by atoms with Crippen LogP contribution in [0.25, 0.3) is 11.5 Å². The molecule has 0 radical (unpaired) electrons. The molecule has 0 N–H and O–H groups in total. The van der Waals surface area contributed by atoms with Gasteiger partial charge in [-0.1, -0.05) is 26.0 Å². The van der Waals surface area contributed by atoms with E-state index >= 15 is 0 Å². The molecule has 1 atom stereocenters. The molecule has 0 spiro atoms. The fraction of sp³-hybridized carbons (Fsp3) is 0.409. The van der Waals surface area contributed by atoms with E-state index in [0.717, 1.165) is 30.5 Å². The van der Waals surface area contributed by atoms with Gasteiger partial charge >= 0.3 is 0 Å². The standard InChI is InChI=1S/C22H25N3O2S2/c1-15(2)29-19-7-5-16(6-8-19)12-20(26)25-10-3-4-17(13-25)21-23-24-22(27-21)18-9-11-28-14-18/h5-9,11,14-15,17H,3-4,10,12-13H2,1-2H3/t17-/m1/s1. The lowest BCUT2D eigenvalue weighted by atomic mass is 9.97. The lowest BCUT2D eigenvalue weighted by molar-refractivity contribution is -0.131. The van der Waals surface area contributed by atoms with Gasteiger partial charge in [0.2, 0.25) is 17.7 Å². The Kier molecular flexibility index (Phi) is 6.35. The molecule has 1 aromatic carbocycles. The fourth-order valence-electron chi connectivity index (χ4n) is 3.55. The van der Waals surface area contributed by atoms with Gasteiger partial charge in [-0.25, -0.2) is 0 Å². The van der Waals surface area contributed by atoms with Crippen LogP contribution in [0.1, 0.15) is 44.1 Å². The molecule has 29 heavy (non-hydrogen) atoms. The lowest BCUT2D eigenvalue weighted by Crippen LogP contribution is -2.40. The van der Waals surface area contributed by atoms with Crippen molar-refractivity contribution < 1.29 is 9.21 Å². The number of carbonyl (C=O) groups is 1. The molecule has 0 unspecified atom stereocenters. The SMILES string of the molecule is CC(C)Sc1ccc(CC(=O)N2CCC[C@@H](c3nnc(-c4ccsc4)o3)C2)cc1. The Morgan fingerprint density at radius 2 is 2.10 bits per heavy atom. The first kappa shape index (κ1) is 20.2. The normalized spacial score (nSPS) is 17.1. The summed E-state index contributed by atoms with van der Waals surface area (Å²) in [4.78, 5) is 16.0. The number of amides is 1. The molecule has 7 heteroatoms. The second-order valence-corrected chi connectivity index (χ2v) is 10.1. The van der Waals surface area contributed by atoms with Crippen LogP contribution in [0.2, 0.25) is 0 Å². The number of thioether (sulfide) groups is 1. The summed E-state index contributed by atoms with van der Waals surface area (Å²) in [5, 5.41) is 13.0. The molecular formula is C22H25N3O2S2. The van der Waals surface area contributed by atoms with Gasteiger partial charge in [0, 0.05) is 34.2 Å². The highest BCUT2D eigenvalue weighted by Crippen LogP contribution is 2.29. The van der Waals surface area contributed by atoms with Crippen molar-refractivity contribution in [3.05, 3.63) is 52.5 Å². The molecule has 1 fully saturated rings. The van der Waals surface area contributed by atoms with Gasteiger partial charge in [-0.05, 0) is 42.0 Å². The molecule has 152 valence electrons. The number of likely N-dealkylation sites (tertiary alicyclic amines) is 1. The van der Waals surface area contributed by atoms with E-state index in [9.17, 15) is 4.79 Å². The van der Waals surface area contributed by atoms with E-state index in [1.54, 1.807) is 11.3 Å². The molecule has 4 rings (SSSR count). The number of nitrogens with zero attached hydrogens (tertiary/aromatic N) is 3. The summed E-state index contributed by atoms with van der Waals surface area (Å²) >= 11 is 3.44. The molecule has 0 saturated carbocycles. The molecule has 0 aliphatic carbocycles. The average Bonchev–Trinajstić information content (AvgIpc) is 3.41. The van der Waals surface area contributed by atoms with Crippen LogP contribution in [0.5, 0.6) is 0 Å². The van der Waals surface area contributed by atoms with Gasteiger partial charge in [-0.3, -0.25) is 4.79 Å². The summed E-state index contributed by atoms with van der Waals surface area (Å²) in [5.41, 5.74) is 2.01. The Morgan fingerprint density at radius 3 is 2.83 bits per heavy atom. The van der Waals surface area contributed by atoms with Gasteiger partial charge < -0.3 is 9.32 Å². The molecule has 1 aliphatic rings. The Bertz CT molecular complexity index is 935. The maximum absolute atomic E-state index is 12.9. The smallest absolute Gasteiger partial charge is 0.248 e. The predicted molar refractivity (Wildman–Crippen MR) is 117 cm³/mol. The Hall–Kier alpha value is -2.12. The number of aromatic nitrogens is 2. The molecule has 3 heterocycles. The highest BCUT2D eigenvalue weighted by atomic mass is 32.2. The van der Waals surface area contributed by atoms with Crippen molar-refractivity contribution in [2.75, 3.05) is 13.1 Å². The summed E-state index contributed by atoms with van der Waals surface area (Å²) in [7, 11) is 0. The summed E-state index contributed by atoms with van der Waals surface area (Å²) in [6.07, 6.45) is 2.36. The molecule has 1 saturated heterocycles. The number of hydrogen-bond donors (Lipinski definition) is 0. The lowest BCUT2D eigenvalue weighted by Gasteiger charge is -2.31. The largest absolute Gasteiger partial charge is 0.420 e. The van der Waals surface area contributed by atoms with Crippen LogP contribution in [0, 0.1) is 0 Å². The Morgan fingerprint density at radius 1 is 1.28 bits per heavy atom. The van der Waals surface area contributed by atoms with Gasteiger partial charge in [0.05, 0.1) is 12.3 Å². The molecule has 0 bridgehead atoms. The third-order valence-electron chi connectivity index (χ3n) is 4.98. The third-order valence-corrected chi connectivity index (χ3v) is 6.68. The van der Waals surface area contributed by atoms with Gasteiger partial charge in [0.1, 0.15) is 0 Å². The number of rotatable bonds is 6. The highest BCUT2D eigenvalue weighted by molar-refractivity contribution is 7.99. The number of carbonyl (C=O) groups excluding carboxylic acids is 1. The quantitative estimate of drug-likeness (QED) is 0.503. The van der Waals surface area contributed by atoms with Crippen molar-refractivity contribution in [1.82, 2.24) is 15.1 Å². The highest BCUT2D eigenvalue weighted by Gasteiger charge is 2.28. The maximum atomic E-state index is 12.9. The molecule has 1 amide bonds. The van der Waals surface area contributed by atoms with Crippen molar-refractivity contribution in [1.29, 1.82) is 0 Å². The van der Waals surface area contributed by atoms with Gasteiger partial charge in [0.25, 0.3) is 0 Å². The van der Waals surface area contributed by atoms with E-state index in [0.29, 0.717) is 30.0 Å². The molecular weight excluding hydrogens is 402 g/mol. The first-order chi connectivity index (χ1) is 14.1. The van der Waals surface area contributed by atoms with E-state index in [1.165, 1.54) is 4.90 Å². The topological polar surface area (TPSA) is 59.2 Å². The number of piperidine rings is 1. The van der Waals surface area contributed by atoms with Gasteiger partial charge in [-0.2, -0.15) is 11.3 Å². The average molecular weight is 428 g/mol. The fourth-order valence-corrected chi connectivity index (χ4v) is 5.02. The predicted octanol–water partition coefficient (Wildman–Crippen LogP) is 5.25. The zero-order chi connectivity index (χ0) is 20.2. The van der Waals surface area contributed by atoms with Crippen LogP contribution < -0.4 is 0 Å². The molecule has 3 aromatic rings. The molecule has 5 nitrogen and oxygen atoms in total. The first-order valence-electron chi connectivity index (χ1n) is 9.98. The molecule has 2 aromatic heterocycles. The Balaban J connectivity index is 1.37. The van der Waals surface area contributed by atoms with E-state index in [4.69, 9.17) is 4.42 Å². The van der Waals surface area contributed by atoms with Crippen molar-refractivity contribution >= 4 is 29.0 Å². The number of thiophene rings is 1. The van der Waals surface area contributed by atoms with Crippen molar-refractivity contribution in [2.45, 2.75) is 49.2 Å². The minimum absolute atomic E-state index is 0.109. The van der Waals surface area contributed by atoms with Crippen LogP contribution in [0.15, 0.2) is 50.4 Å². The van der Waals surface area contributed by atoms with E-state index in [1.807, 2.05) is 33.5 Å². The Labute approximate surface area is 179 Å². The zero-order valence-corrected chi connectivity index (χ0v) is 18.3. The van der Waals surface area contributed by atoms with Crippen molar-refractivity contribution in [2.24, 2.45) is 0 Å². The minimum Gasteiger partial charge on any atom is -0.420 e. The van der Waals surface area contributed by atoms with Crippen LogP contribution in [0.4, 0.5) is 0 Å². The minimum atomic E-state index is 0.109. The molecule has 1 aliphatic heterocycles. The zero-order valence-electron chi connectivity index (χ0n) is 16.7. The van der Waals surface area contributed by atoms with Gasteiger partial charge in [-0.15, -0.1) is 22.0 Å². The summed E-state index contributed by atoms with van der Waals surface area (Å²) in [6, 6.07) is 10.3. The summed E-state index contributed by atoms with van der Waals surface area (Å²) in [6.45, 7) is 5.80. The second kappa shape index (κ2) is 9.13. The number of hydrogen-bond acceptors (Lipinski definition) is 6. The van der Waals surface area contributed by atoms with Gasteiger partial charge in [0.15, 0.2) is 0 Å². The van der Waals surface area contributed by atoms with E-state index < -0.39 is 0 Å².